The van der Waals surface area contributed by atoms with Crippen molar-refractivity contribution < 1.29 is 4.39 Å². The maximum atomic E-state index is 13.3. The van der Waals surface area contributed by atoms with Crippen molar-refractivity contribution in [3.05, 3.63) is 47.3 Å². The predicted molar refractivity (Wildman–Crippen MR) is 103 cm³/mol. The standard InChI is InChI=1S/C23H35F/c1-2-3-4-5-6-7-8-12-15-23(20-13-10-9-11-14-20)21-16-18-22(24)19-17-21/h13,16-19,23H,2-12,14-15H2,1H3. The molecule has 0 amide bonds. The van der Waals surface area contributed by atoms with E-state index in [1.54, 1.807) is 17.7 Å². The second-order valence-electron chi connectivity index (χ2n) is 7.39. The molecule has 24 heavy (non-hydrogen) atoms. The number of hydrogen-bond donors (Lipinski definition) is 0. The monoisotopic (exact) mass is 330 g/mol. The molecule has 1 heteroatoms. The molecule has 0 saturated heterocycles. The van der Waals surface area contributed by atoms with Crippen LogP contribution in [0, 0.1) is 5.82 Å². The Morgan fingerprint density at radius 2 is 1.54 bits per heavy atom. The van der Waals surface area contributed by atoms with Gasteiger partial charge in [-0.05, 0) is 49.8 Å². The van der Waals surface area contributed by atoms with Gasteiger partial charge in [0.2, 0.25) is 0 Å². The summed E-state index contributed by atoms with van der Waals surface area (Å²) in [5.74, 6) is 0.396. The molecule has 0 radical (unpaired) electrons. The summed E-state index contributed by atoms with van der Waals surface area (Å²) < 4.78 is 13.3. The first kappa shape index (κ1) is 19.2. The SMILES string of the molecule is CCCCCCCCCCC(C1=CCCCC1)c1ccc(F)cc1. The van der Waals surface area contributed by atoms with Crippen molar-refractivity contribution in [2.45, 2.75) is 96.3 Å². The van der Waals surface area contributed by atoms with Crippen LogP contribution < -0.4 is 0 Å². The summed E-state index contributed by atoms with van der Waals surface area (Å²) in [4.78, 5) is 0. The van der Waals surface area contributed by atoms with Gasteiger partial charge < -0.3 is 0 Å². The first-order chi connectivity index (χ1) is 11.8. The van der Waals surface area contributed by atoms with E-state index in [1.165, 1.54) is 89.0 Å². The third-order valence-electron chi connectivity index (χ3n) is 5.39. The van der Waals surface area contributed by atoms with Crippen LogP contribution in [0.1, 0.15) is 102 Å². The van der Waals surface area contributed by atoms with Crippen LogP contribution in [0.3, 0.4) is 0 Å². The van der Waals surface area contributed by atoms with Crippen molar-refractivity contribution in [1.29, 1.82) is 0 Å². The Hall–Kier alpha value is -1.11. The minimum atomic E-state index is -0.123. The zero-order chi connectivity index (χ0) is 17.0. The lowest BCUT2D eigenvalue weighted by Gasteiger charge is -2.24. The maximum Gasteiger partial charge on any atom is 0.123 e. The molecule has 0 heterocycles. The van der Waals surface area contributed by atoms with Gasteiger partial charge in [-0.2, -0.15) is 0 Å². The van der Waals surface area contributed by atoms with E-state index >= 15 is 0 Å². The van der Waals surface area contributed by atoms with Crippen molar-refractivity contribution in [3.63, 3.8) is 0 Å². The van der Waals surface area contributed by atoms with Crippen molar-refractivity contribution in [2.75, 3.05) is 0 Å². The summed E-state index contributed by atoms with van der Waals surface area (Å²) in [5, 5.41) is 0. The van der Waals surface area contributed by atoms with Gasteiger partial charge in [0.25, 0.3) is 0 Å². The van der Waals surface area contributed by atoms with E-state index in [1.807, 2.05) is 12.1 Å². The van der Waals surface area contributed by atoms with Crippen molar-refractivity contribution in [3.8, 4) is 0 Å². The van der Waals surface area contributed by atoms with E-state index in [0.717, 1.165) is 0 Å². The summed E-state index contributed by atoms with van der Waals surface area (Å²) in [6.45, 7) is 2.27. The van der Waals surface area contributed by atoms with Crippen molar-refractivity contribution in [1.82, 2.24) is 0 Å². The Bertz CT molecular complexity index is 471. The van der Waals surface area contributed by atoms with E-state index in [2.05, 4.69) is 13.0 Å². The van der Waals surface area contributed by atoms with Gasteiger partial charge in [-0.15, -0.1) is 0 Å². The van der Waals surface area contributed by atoms with E-state index in [-0.39, 0.29) is 5.82 Å². The molecular formula is C23H35F. The molecule has 0 aromatic heterocycles. The minimum Gasteiger partial charge on any atom is -0.207 e. The number of halogens is 1. The third-order valence-corrected chi connectivity index (χ3v) is 5.39. The number of hydrogen-bond acceptors (Lipinski definition) is 0. The lowest BCUT2D eigenvalue weighted by molar-refractivity contribution is 0.535. The number of unbranched alkanes of at least 4 members (excludes halogenated alkanes) is 7. The molecule has 1 aliphatic carbocycles. The van der Waals surface area contributed by atoms with Crippen LogP contribution in [0.5, 0.6) is 0 Å². The minimum absolute atomic E-state index is 0.123. The molecule has 1 unspecified atom stereocenters. The second kappa shape index (κ2) is 11.4. The van der Waals surface area contributed by atoms with Gasteiger partial charge in [-0.3, -0.25) is 0 Å². The molecule has 0 saturated carbocycles. The average Bonchev–Trinajstić information content (AvgIpc) is 2.62. The smallest absolute Gasteiger partial charge is 0.123 e. The number of rotatable bonds is 11. The Morgan fingerprint density at radius 1 is 0.875 bits per heavy atom. The van der Waals surface area contributed by atoms with E-state index in [4.69, 9.17) is 0 Å². The first-order valence-corrected chi connectivity index (χ1v) is 10.3. The Balaban J connectivity index is 1.81. The molecule has 1 aromatic carbocycles. The fraction of sp³-hybridized carbons (Fsp3) is 0.652. The fourth-order valence-corrected chi connectivity index (χ4v) is 3.92. The Morgan fingerprint density at radius 3 is 2.17 bits per heavy atom. The second-order valence-corrected chi connectivity index (χ2v) is 7.39. The van der Waals surface area contributed by atoms with Crippen LogP contribution in [0.2, 0.25) is 0 Å². The van der Waals surface area contributed by atoms with Gasteiger partial charge in [-0.1, -0.05) is 82.1 Å². The first-order valence-electron chi connectivity index (χ1n) is 10.3. The quantitative estimate of drug-likeness (QED) is 0.285. The third kappa shape index (κ3) is 6.79. The summed E-state index contributed by atoms with van der Waals surface area (Å²) in [7, 11) is 0. The lowest BCUT2D eigenvalue weighted by atomic mass is 9.81. The summed E-state index contributed by atoms with van der Waals surface area (Å²) in [6.07, 6.45) is 19.7. The normalized spacial score (nSPS) is 16.0. The molecule has 1 aliphatic rings. The predicted octanol–water partition coefficient (Wildman–Crippen LogP) is 7.94. The van der Waals surface area contributed by atoms with Crippen LogP contribution in [0.4, 0.5) is 4.39 Å². The molecule has 134 valence electrons. The summed E-state index contributed by atoms with van der Waals surface area (Å²) >= 11 is 0. The van der Waals surface area contributed by atoms with Crippen LogP contribution in [-0.2, 0) is 0 Å². The van der Waals surface area contributed by atoms with Crippen LogP contribution in [0.15, 0.2) is 35.9 Å². The molecule has 0 nitrogen and oxygen atoms in total. The molecular weight excluding hydrogens is 295 g/mol. The van der Waals surface area contributed by atoms with E-state index < -0.39 is 0 Å². The van der Waals surface area contributed by atoms with Crippen molar-refractivity contribution >= 4 is 0 Å². The van der Waals surface area contributed by atoms with Gasteiger partial charge in [0.05, 0.1) is 0 Å². The van der Waals surface area contributed by atoms with Gasteiger partial charge in [0.1, 0.15) is 5.82 Å². The Kier molecular flexibility index (Phi) is 9.16. The topological polar surface area (TPSA) is 0 Å². The van der Waals surface area contributed by atoms with Gasteiger partial charge in [-0.25, -0.2) is 4.39 Å². The number of allylic oxidation sites excluding steroid dienone is 2. The van der Waals surface area contributed by atoms with Gasteiger partial charge >= 0.3 is 0 Å². The van der Waals surface area contributed by atoms with Gasteiger partial charge in [0.15, 0.2) is 0 Å². The molecule has 0 fully saturated rings. The molecule has 2 rings (SSSR count). The van der Waals surface area contributed by atoms with Crippen molar-refractivity contribution in [2.24, 2.45) is 0 Å². The van der Waals surface area contributed by atoms with E-state index in [9.17, 15) is 4.39 Å². The largest absolute Gasteiger partial charge is 0.207 e. The number of benzene rings is 1. The van der Waals surface area contributed by atoms with E-state index in [0.29, 0.717) is 5.92 Å². The fourth-order valence-electron chi connectivity index (χ4n) is 3.92. The highest BCUT2D eigenvalue weighted by atomic mass is 19.1. The summed E-state index contributed by atoms with van der Waals surface area (Å²) in [6, 6.07) is 7.25. The molecule has 1 atom stereocenters. The molecule has 0 spiro atoms. The molecule has 0 aliphatic heterocycles. The highest BCUT2D eigenvalue weighted by Crippen LogP contribution is 2.35. The zero-order valence-corrected chi connectivity index (χ0v) is 15.5. The summed E-state index contributed by atoms with van der Waals surface area (Å²) in [5.41, 5.74) is 2.92. The zero-order valence-electron chi connectivity index (χ0n) is 15.5. The van der Waals surface area contributed by atoms with Gasteiger partial charge in [0, 0.05) is 5.92 Å². The highest BCUT2D eigenvalue weighted by molar-refractivity contribution is 5.30. The lowest BCUT2D eigenvalue weighted by Crippen LogP contribution is -2.06. The molecule has 0 N–H and O–H groups in total. The molecule has 1 aromatic rings. The molecule has 0 bridgehead atoms. The Labute approximate surface area is 148 Å². The van der Waals surface area contributed by atoms with Crippen LogP contribution >= 0.6 is 0 Å². The maximum absolute atomic E-state index is 13.3. The van der Waals surface area contributed by atoms with Crippen LogP contribution in [-0.4, -0.2) is 0 Å². The average molecular weight is 331 g/mol. The highest BCUT2D eigenvalue weighted by Gasteiger charge is 2.18. The van der Waals surface area contributed by atoms with Crippen LogP contribution in [0.25, 0.3) is 0 Å².